The predicted molar refractivity (Wildman–Crippen MR) is 75.9 cm³/mol. The van der Waals surface area contributed by atoms with Crippen LogP contribution in [0.3, 0.4) is 0 Å². The second kappa shape index (κ2) is 4.08. The Kier molecular flexibility index (Phi) is 2.61. The normalized spacial score (nSPS) is 37.3. The minimum absolute atomic E-state index is 0.774. The molecule has 0 N–H and O–H groups in total. The van der Waals surface area contributed by atoms with Gasteiger partial charge in [-0.05, 0) is 37.0 Å². The van der Waals surface area contributed by atoms with Crippen molar-refractivity contribution in [3.63, 3.8) is 0 Å². The van der Waals surface area contributed by atoms with Crippen molar-refractivity contribution in [1.82, 2.24) is 0 Å². The highest BCUT2D eigenvalue weighted by atomic mass is 35.5. The van der Waals surface area contributed by atoms with E-state index in [9.17, 15) is 0 Å². The summed E-state index contributed by atoms with van der Waals surface area (Å²) in [5.41, 5.74) is 1.31. The summed E-state index contributed by atoms with van der Waals surface area (Å²) in [6, 6.07) is 6.04. The molecule has 0 saturated heterocycles. The maximum absolute atomic E-state index is 6.14. The fraction of sp³-hybridized carbons (Fsp3) is 0.562. The molecule has 4 atom stereocenters. The summed E-state index contributed by atoms with van der Waals surface area (Å²) >= 11 is 12.3. The average Bonchev–Trinajstić information content (AvgIpc) is 3.00. The van der Waals surface area contributed by atoms with Crippen LogP contribution in [-0.2, 0) is 0 Å². The molecule has 0 aliphatic heterocycles. The Bertz CT molecular complexity index is 462. The van der Waals surface area contributed by atoms with Crippen molar-refractivity contribution in [2.45, 2.75) is 32.1 Å². The van der Waals surface area contributed by atoms with Crippen LogP contribution in [0.15, 0.2) is 18.2 Å². The summed E-state index contributed by atoms with van der Waals surface area (Å²) in [4.78, 5) is 0. The standard InChI is InChI=1S/C16H17Cl2/c17-11-4-9(5-12(18)8-11)15-6-10-7-16(15)14-3-1-2-13(10)14/h4-5,8,10,13-14,16H,1-3,6-7H2/q+1/t10-,13-,14-,16+/m1/s1. The molecule has 0 radical (unpaired) electrons. The van der Waals surface area contributed by atoms with Gasteiger partial charge in [0, 0.05) is 24.3 Å². The summed E-state index contributed by atoms with van der Waals surface area (Å²) in [6.45, 7) is 0. The third-order valence-electron chi connectivity index (χ3n) is 5.47. The maximum Gasteiger partial charge on any atom is 0.136 e. The third-order valence-corrected chi connectivity index (χ3v) is 5.90. The highest BCUT2D eigenvalue weighted by molar-refractivity contribution is 6.34. The number of rotatable bonds is 1. The van der Waals surface area contributed by atoms with Crippen LogP contribution < -0.4 is 0 Å². The number of hydrogen-bond donors (Lipinski definition) is 0. The van der Waals surface area contributed by atoms with Crippen LogP contribution in [0, 0.1) is 29.6 Å². The zero-order chi connectivity index (χ0) is 12.3. The van der Waals surface area contributed by atoms with Crippen LogP contribution in [0.25, 0.3) is 0 Å². The van der Waals surface area contributed by atoms with E-state index in [4.69, 9.17) is 23.2 Å². The molecule has 4 rings (SSSR count). The molecule has 2 bridgehead atoms. The van der Waals surface area contributed by atoms with Crippen LogP contribution >= 0.6 is 23.2 Å². The molecule has 1 aromatic carbocycles. The Morgan fingerprint density at radius 1 is 1.00 bits per heavy atom. The van der Waals surface area contributed by atoms with Crippen LogP contribution in [0.4, 0.5) is 0 Å². The molecule has 18 heavy (non-hydrogen) atoms. The molecule has 3 fully saturated rings. The van der Waals surface area contributed by atoms with Gasteiger partial charge in [-0.1, -0.05) is 29.6 Å². The molecular formula is C16H17Cl2+. The van der Waals surface area contributed by atoms with Gasteiger partial charge in [0.2, 0.25) is 0 Å². The van der Waals surface area contributed by atoms with E-state index in [1.807, 2.05) is 6.07 Å². The van der Waals surface area contributed by atoms with E-state index in [2.05, 4.69) is 12.1 Å². The molecule has 3 aliphatic rings. The lowest BCUT2D eigenvalue weighted by molar-refractivity contribution is 0.285. The Labute approximate surface area is 119 Å². The molecule has 0 aromatic heterocycles. The quantitative estimate of drug-likeness (QED) is 0.606. The molecule has 94 valence electrons. The first kappa shape index (κ1) is 11.5. The van der Waals surface area contributed by atoms with Gasteiger partial charge in [-0.25, -0.2) is 0 Å². The van der Waals surface area contributed by atoms with E-state index in [-0.39, 0.29) is 0 Å². The van der Waals surface area contributed by atoms with Gasteiger partial charge in [-0.2, -0.15) is 0 Å². The third kappa shape index (κ3) is 1.62. The predicted octanol–water partition coefficient (Wildman–Crippen LogP) is 5.37. The molecule has 1 aromatic rings. The largest absolute Gasteiger partial charge is 0.136 e. The van der Waals surface area contributed by atoms with Crippen molar-refractivity contribution in [2.24, 2.45) is 23.7 Å². The Morgan fingerprint density at radius 3 is 2.50 bits per heavy atom. The highest BCUT2D eigenvalue weighted by Crippen LogP contribution is 2.63. The van der Waals surface area contributed by atoms with Gasteiger partial charge >= 0.3 is 0 Å². The number of benzene rings is 1. The topological polar surface area (TPSA) is 0 Å². The Balaban J connectivity index is 1.67. The first-order valence-corrected chi connectivity index (χ1v) is 7.80. The van der Waals surface area contributed by atoms with Gasteiger partial charge < -0.3 is 0 Å². The van der Waals surface area contributed by atoms with E-state index in [1.165, 1.54) is 37.7 Å². The molecule has 0 unspecified atom stereocenters. The minimum atomic E-state index is 0.774. The van der Waals surface area contributed by atoms with Crippen LogP contribution in [-0.4, -0.2) is 0 Å². The van der Waals surface area contributed by atoms with Crippen LogP contribution in [0.5, 0.6) is 0 Å². The number of fused-ring (bicyclic) bond motifs is 5. The molecule has 3 aliphatic carbocycles. The van der Waals surface area contributed by atoms with Crippen molar-refractivity contribution in [1.29, 1.82) is 0 Å². The molecule has 2 heteroatoms. The molecule has 0 spiro atoms. The first-order chi connectivity index (χ1) is 8.72. The van der Waals surface area contributed by atoms with E-state index in [0.29, 0.717) is 0 Å². The lowest BCUT2D eigenvalue weighted by Gasteiger charge is -2.27. The zero-order valence-corrected chi connectivity index (χ0v) is 11.8. The van der Waals surface area contributed by atoms with Crippen molar-refractivity contribution in [3.05, 3.63) is 39.7 Å². The van der Waals surface area contributed by atoms with Crippen molar-refractivity contribution in [2.75, 3.05) is 0 Å². The summed E-state index contributed by atoms with van der Waals surface area (Å²) in [5.74, 6) is 5.43. The van der Waals surface area contributed by atoms with Gasteiger partial charge in [-0.15, -0.1) is 0 Å². The average molecular weight is 280 g/mol. The fourth-order valence-electron chi connectivity index (χ4n) is 4.92. The molecule has 0 amide bonds. The van der Waals surface area contributed by atoms with Gasteiger partial charge in [-0.3, -0.25) is 0 Å². The second-order valence-corrected chi connectivity index (χ2v) is 7.12. The maximum atomic E-state index is 6.14. The lowest BCUT2D eigenvalue weighted by Crippen LogP contribution is -2.23. The summed E-state index contributed by atoms with van der Waals surface area (Å²) in [6.07, 6.45) is 7.10. The van der Waals surface area contributed by atoms with Gasteiger partial charge in [0.05, 0.1) is 22.2 Å². The van der Waals surface area contributed by atoms with Crippen LogP contribution in [0.1, 0.15) is 37.7 Å². The second-order valence-electron chi connectivity index (χ2n) is 6.25. The minimum Gasteiger partial charge on any atom is -0.0682 e. The Morgan fingerprint density at radius 2 is 1.72 bits per heavy atom. The van der Waals surface area contributed by atoms with E-state index in [1.54, 1.807) is 5.92 Å². The van der Waals surface area contributed by atoms with Gasteiger partial charge in [0.15, 0.2) is 0 Å². The highest BCUT2D eigenvalue weighted by Gasteiger charge is 2.57. The molecule has 0 nitrogen and oxygen atoms in total. The number of hydrogen-bond acceptors (Lipinski definition) is 0. The van der Waals surface area contributed by atoms with Gasteiger partial charge in [0.25, 0.3) is 0 Å². The van der Waals surface area contributed by atoms with Crippen molar-refractivity contribution >= 4 is 23.2 Å². The summed E-state index contributed by atoms with van der Waals surface area (Å²) in [7, 11) is 0. The summed E-state index contributed by atoms with van der Waals surface area (Å²) < 4.78 is 0. The van der Waals surface area contributed by atoms with Crippen molar-refractivity contribution < 1.29 is 0 Å². The van der Waals surface area contributed by atoms with Gasteiger partial charge in [0.1, 0.15) is 5.56 Å². The van der Waals surface area contributed by atoms with E-state index in [0.717, 1.165) is 33.7 Å². The molecular weight excluding hydrogens is 263 g/mol. The smallest absolute Gasteiger partial charge is 0.0682 e. The molecule has 0 heterocycles. The van der Waals surface area contributed by atoms with Crippen LogP contribution in [0.2, 0.25) is 10.0 Å². The zero-order valence-electron chi connectivity index (χ0n) is 10.3. The fourth-order valence-corrected chi connectivity index (χ4v) is 5.44. The van der Waals surface area contributed by atoms with E-state index >= 15 is 0 Å². The SMILES string of the molecule is Clc1cc(Cl)cc([C+]2C[C@@H]3C[C@H]2[C@@H]2CCC[C@H]32)c1. The van der Waals surface area contributed by atoms with Crippen molar-refractivity contribution in [3.8, 4) is 0 Å². The lowest BCUT2D eigenvalue weighted by atomic mass is 9.73. The Hall–Kier alpha value is -0.330. The summed E-state index contributed by atoms with van der Waals surface area (Å²) in [5, 5.41) is 1.55. The molecule has 3 saturated carbocycles. The number of halogens is 2. The monoisotopic (exact) mass is 279 g/mol. The first-order valence-electron chi connectivity index (χ1n) is 7.04. The van der Waals surface area contributed by atoms with E-state index < -0.39 is 0 Å².